The van der Waals surface area contributed by atoms with Crippen LogP contribution in [0.4, 0.5) is 0 Å². The molecule has 1 heterocycles. The van der Waals surface area contributed by atoms with Crippen LogP contribution in [0, 0.1) is 0 Å². The van der Waals surface area contributed by atoms with E-state index in [-0.39, 0.29) is 0 Å². The smallest absolute Gasteiger partial charge is 0.122 e. The van der Waals surface area contributed by atoms with Crippen molar-refractivity contribution in [1.82, 2.24) is 4.90 Å². The summed E-state index contributed by atoms with van der Waals surface area (Å²) in [4.78, 5) is 2.58. The van der Waals surface area contributed by atoms with Gasteiger partial charge in [0.2, 0.25) is 0 Å². The average molecular weight is 269 g/mol. The number of rotatable bonds is 3. The second-order valence-electron chi connectivity index (χ2n) is 5.65. The van der Waals surface area contributed by atoms with Gasteiger partial charge in [-0.25, -0.2) is 0 Å². The molecule has 0 atom stereocenters. The minimum absolute atomic E-state index is 0.958. The van der Waals surface area contributed by atoms with Crippen LogP contribution in [0.1, 0.15) is 36.0 Å². The molecule has 1 saturated heterocycles. The number of nitrogens with zero attached hydrogens (tertiary/aromatic N) is 1. The standard InChI is InChI=1S/C18H23NO/c1-20-18-11-10-15(14-19-12-6-3-7-13-19)16-8-4-2-5-9-17(16)18/h2,4-5,8,10-11H,3,6-7,9,12-14H2,1H3. The predicted octanol–water partition coefficient (Wildman–Crippen LogP) is 3.81. The molecule has 1 aromatic rings. The second kappa shape index (κ2) is 6.27. The lowest BCUT2D eigenvalue weighted by Gasteiger charge is -2.27. The first kappa shape index (κ1) is 13.4. The first-order valence-corrected chi connectivity index (χ1v) is 7.63. The topological polar surface area (TPSA) is 12.5 Å². The maximum Gasteiger partial charge on any atom is 0.122 e. The van der Waals surface area contributed by atoms with Crippen LogP contribution in [0.15, 0.2) is 30.4 Å². The predicted molar refractivity (Wildman–Crippen MR) is 84.0 cm³/mol. The van der Waals surface area contributed by atoms with Crippen LogP contribution in [-0.2, 0) is 13.0 Å². The number of hydrogen-bond acceptors (Lipinski definition) is 2. The van der Waals surface area contributed by atoms with Crippen LogP contribution >= 0.6 is 0 Å². The normalized spacial score (nSPS) is 18.6. The highest BCUT2D eigenvalue weighted by molar-refractivity contribution is 5.64. The first-order valence-electron chi connectivity index (χ1n) is 7.63. The maximum atomic E-state index is 5.53. The summed E-state index contributed by atoms with van der Waals surface area (Å²) in [5.41, 5.74) is 4.12. The molecule has 1 aromatic carbocycles. The number of methoxy groups -OCH3 is 1. The number of benzene rings is 1. The van der Waals surface area contributed by atoms with Gasteiger partial charge in [-0.05, 0) is 49.5 Å². The fraction of sp³-hybridized carbons (Fsp3) is 0.444. The number of fused-ring (bicyclic) bond motifs is 1. The van der Waals surface area contributed by atoms with Crippen molar-refractivity contribution in [2.45, 2.75) is 32.2 Å². The Kier molecular flexibility index (Phi) is 4.22. The van der Waals surface area contributed by atoms with E-state index in [9.17, 15) is 0 Å². The molecule has 0 radical (unpaired) electrons. The molecule has 0 aromatic heterocycles. The Morgan fingerprint density at radius 3 is 2.75 bits per heavy atom. The van der Waals surface area contributed by atoms with Gasteiger partial charge in [-0.2, -0.15) is 0 Å². The molecule has 106 valence electrons. The van der Waals surface area contributed by atoms with Crippen LogP contribution in [-0.4, -0.2) is 25.1 Å². The first-order chi connectivity index (χ1) is 9.88. The summed E-state index contributed by atoms with van der Waals surface area (Å²) in [6, 6.07) is 4.37. The lowest BCUT2D eigenvalue weighted by atomic mass is 9.97. The molecular weight excluding hydrogens is 246 g/mol. The zero-order valence-electron chi connectivity index (χ0n) is 12.3. The largest absolute Gasteiger partial charge is 0.496 e. The highest BCUT2D eigenvalue weighted by Gasteiger charge is 2.16. The third-order valence-corrected chi connectivity index (χ3v) is 4.30. The highest BCUT2D eigenvalue weighted by Crippen LogP contribution is 2.30. The fourth-order valence-corrected chi connectivity index (χ4v) is 3.22. The lowest BCUT2D eigenvalue weighted by molar-refractivity contribution is 0.220. The molecule has 1 aliphatic heterocycles. The van der Waals surface area contributed by atoms with Crippen molar-refractivity contribution in [1.29, 1.82) is 0 Å². The highest BCUT2D eigenvalue weighted by atomic mass is 16.5. The van der Waals surface area contributed by atoms with Crippen LogP contribution < -0.4 is 4.74 Å². The monoisotopic (exact) mass is 269 g/mol. The van der Waals surface area contributed by atoms with E-state index in [0.717, 1.165) is 18.7 Å². The summed E-state index contributed by atoms with van der Waals surface area (Å²) >= 11 is 0. The maximum absolute atomic E-state index is 5.53. The molecule has 20 heavy (non-hydrogen) atoms. The fourth-order valence-electron chi connectivity index (χ4n) is 3.22. The van der Waals surface area contributed by atoms with Gasteiger partial charge in [-0.1, -0.05) is 36.8 Å². The van der Waals surface area contributed by atoms with E-state index in [0.29, 0.717) is 0 Å². The number of piperidine rings is 1. The van der Waals surface area contributed by atoms with Crippen LogP contribution in [0.3, 0.4) is 0 Å². The van der Waals surface area contributed by atoms with Crippen molar-refractivity contribution in [3.63, 3.8) is 0 Å². The molecule has 0 amide bonds. The van der Waals surface area contributed by atoms with E-state index >= 15 is 0 Å². The summed E-state index contributed by atoms with van der Waals surface area (Å²) in [6.07, 6.45) is 13.7. The molecule has 1 aliphatic carbocycles. The Morgan fingerprint density at radius 2 is 1.95 bits per heavy atom. The van der Waals surface area contributed by atoms with Crippen molar-refractivity contribution in [2.24, 2.45) is 0 Å². The molecule has 2 nitrogen and oxygen atoms in total. The molecule has 1 fully saturated rings. The zero-order valence-corrected chi connectivity index (χ0v) is 12.3. The third-order valence-electron chi connectivity index (χ3n) is 4.30. The molecule has 3 rings (SSSR count). The molecule has 0 spiro atoms. The summed E-state index contributed by atoms with van der Waals surface area (Å²) in [7, 11) is 1.76. The van der Waals surface area contributed by atoms with E-state index in [2.05, 4.69) is 41.3 Å². The molecule has 2 heteroatoms. The Morgan fingerprint density at radius 1 is 1.10 bits per heavy atom. The van der Waals surface area contributed by atoms with Crippen molar-refractivity contribution in [3.8, 4) is 5.75 Å². The quantitative estimate of drug-likeness (QED) is 0.827. The molecule has 0 saturated carbocycles. The Bertz CT molecular complexity index is 524. The summed E-state index contributed by atoms with van der Waals surface area (Å²) in [5, 5.41) is 0. The van der Waals surface area contributed by atoms with E-state index in [1.54, 1.807) is 7.11 Å². The van der Waals surface area contributed by atoms with Gasteiger partial charge >= 0.3 is 0 Å². The van der Waals surface area contributed by atoms with Gasteiger partial charge in [-0.15, -0.1) is 0 Å². The summed E-state index contributed by atoms with van der Waals surface area (Å²) in [5.74, 6) is 1.01. The molecule has 0 N–H and O–H groups in total. The van der Waals surface area contributed by atoms with E-state index in [1.807, 2.05) is 0 Å². The zero-order chi connectivity index (χ0) is 13.8. The third kappa shape index (κ3) is 2.80. The van der Waals surface area contributed by atoms with Crippen molar-refractivity contribution >= 4 is 6.08 Å². The Labute approximate surface area is 121 Å². The van der Waals surface area contributed by atoms with Gasteiger partial charge in [0.05, 0.1) is 7.11 Å². The van der Waals surface area contributed by atoms with Crippen molar-refractivity contribution in [3.05, 3.63) is 47.1 Å². The Hall–Kier alpha value is -1.54. The molecule has 2 aliphatic rings. The second-order valence-corrected chi connectivity index (χ2v) is 5.65. The molecule has 0 unspecified atom stereocenters. The van der Waals surface area contributed by atoms with Gasteiger partial charge in [0.25, 0.3) is 0 Å². The minimum Gasteiger partial charge on any atom is -0.496 e. The van der Waals surface area contributed by atoms with Gasteiger partial charge in [0.15, 0.2) is 0 Å². The average Bonchev–Trinajstić information content (AvgIpc) is 2.75. The van der Waals surface area contributed by atoms with Crippen molar-refractivity contribution in [2.75, 3.05) is 20.2 Å². The number of allylic oxidation sites excluding steroid dienone is 3. The Balaban J connectivity index is 1.91. The minimum atomic E-state index is 0.958. The van der Waals surface area contributed by atoms with E-state index in [4.69, 9.17) is 4.74 Å². The summed E-state index contributed by atoms with van der Waals surface area (Å²) < 4.78 is 5.53. The number of likely N-dealkylation sites (tertiary alicyclic amines) is 1. The SMILES string of the molecule is COc1ccc(CN2CCCCC2)c2c1CC=CC=C2. The molecular formula is C18H23NO. The van der Waals surface area contributed by atoms with Gasteiger partial charge < -0.3 is 4.74 Å². The number of ether oxygens (including phenoxy) is 1. The molecule has 0 bridgehead atoms. The van der Waals surface area contributed by atoms with Crippen LogP contribution in [0.5, 0.6) is 5.75 Å². The lowest BCUT2D eigenvalue weighted by Crippen LogP contribution is -2.29. The van der Waals surface area contributed by atoms with E-state index in [1.165, 1.54) is 49.0 Å². The number of hydrogen-bond donors (Lipinski definition) is 0. The van der Waals surface area contributed by atoms with Crippen LogP contribution in [0.25, 0.3) is 6.08 Å². The van der Waals surface area contributed by atoms with Crippen LogP contribution in [0.2, 0.25) is 0 Å². The van der Waals surface area contributed by atoms with E-state index < -0.39 is 0 Å². The van der Waals surface area contributed by atoms with Gasteiger partial charge in [0.1, 0.15) is 5.75 Å². The summed E-state index contributed by atoms with van der Waals surface area (Å²) in [6.45, 7) is 3.54. The van der Waals surface area contributed by atoms with Crippen molar-refractivity contribution < 1.29 is 4.74 Å². The van der Waals surface area contributed by atoms with Gasteiger partial charge in [0, 0.05) is 12.1 Å². The van der Waals surface area contributed by atoms with Gasteiger partial charge in [-0.3, -0.25) is 4.90 Å².